The van der Waals surface area contributed by atoms with Crippen LogP contribution in [0.3, 0.4) is 0 Å². The third-order valence-electron chi connectivity index (χ3n) is 4.97. The van der Waals surface area contributed by atoms with E-state index in [-0.39, 0.29) is 34.0 Å². The van der Waals surface area contributed by atoms with Gasteiger partial charge in [0.05, 0.1) is 12.0 Å². The van der Waals surface area contributed by atoms with Gasteiger partial charge in [-0.05, 0) is 29.8 Å². The maximum Gasteiger partial charge on any atom is 0.270 e. The lowest BCUT2D eigenvalue weighted by Gasteiger charge is -2.19. The first kappa shape index (κ1) is 25.3. The Morgan fingerprint density at radius 3 is 2.17 bits per heavy atom. The number of nitro groups is 1. The van der Waals surface area contributed by atoms with E-state index in [0.717, 1.165) is 22.0 Å². The van der Waals surface area contributed by atoms with Gasteiger partial charge in [-0.25, -0.2) is 8.42 Å². The average Bonchev–Trinajstić information content (AvgIpc) is 2.87. The van der Waals surface area contributed by atoms with E-state index in [0.29, 0.717) is 0 Å². The SMILES string of the molecule is COc1ccc(C(=O)NNC(=O)c2cccc([N+](=O)[O-])c2)cc1S(=O)(=O)N(C)Cc1ccccc1. The lowest BCUT2D eigenvalue weighted by atomic mass is 10.2. The van der Waals surface area contributed by atoms with Crippen LogP contribution in [-0.4, -0.2) is 43.6 Å². The second-order valence-electron chi connectivity index (χ2n) is 7.33. The molecule has 0 saturated heterocycles. The Labute approximate surface area is 201 Å². The molecule has 35 heavy (non-hydrogen) atoms. The summed E-state index contributed by atoms with van der Waals surface area (Å²) in [6.07, 6.45) is 0. The van der Waals surface area contributed by atoms with Gasteiger partial charge in [-0.2, -0.15) is 4.31 Å². The second kappa shape index (κ2) is 10.8. The first-order valence-electron chi connectivity index (χ1n) is 10.2. The molecule has 0 bridgehead atoms. The Balaban J connectivity index is 1.78. The minimum Gasteiger partial charge on any atom is -0.495 e. The molecule has 3 aromatic carbocycles. The standard InChI is InChI=1S/C23H22N4O7S/c1-26(15-16-7-4-3-5-8-16)35(32,33)21-14-18(11-12-20(21)34-2)23(29)25-24-22(28)17-9-6-10-19(13-17)27(30)31/h3-14H,15H2,1-2H3,(H,24,28)(H,25,29). The zero-order chi connectivity index (χ0) is 25.6. The van der Waals surface area contributed by atoms with Crippen molar-refractivity contribution in [2.24, 2.45) is 0 Å². The number of nitrogens with one attached hydrogen (secondary N) is 2. The highest BCUT2D eigenvalue weighted by atomic mass is 32.2. The summed E-state index contributed by atoms with van der Waals surface area (Å²) in [5.74, 6) is -1.54. The van der Waals surface area contributed by atoms with Crippen molar-refractivity contribution in [3.8, 4) is 5.75 Å². The van der Waals surface area contributed by atoms with Crippen LogP contribution >= 0.6 is 0 Å². The number of nitro benzene ring substituents is 1. The topological polar surface area (TPSA) is 148 Å². The Kier molecular flexibility index (Phi) is 7.79. The molecule has 12 heteroatoms. The lowest BCUT2D eigenvalue weighted by Crippen LogP contribution is -2.41. The molecule has 0 aliphatic rings. The zero-order valence-electron chi connectivity index (χ0n) is 18.8. The van der Waals surface area contributed by atoms with Crippen LogP contribution in [0.4, 0.5) is 5.69 Å². The number of amides is 2. The molecular weight excluding hydrogens is 476 g/mol. The number of benzene rings is 3. The van der Waals surface area contributed by atoms with Crippen LogP contribution in [0.5, 0.6) is 5.75 Å². The van der Waals surface area contributed by atoms with E-state index >= 15 is 0 Å². The quantitative estimate of drug-likeness (QED) is 0.358. The van der Waals surface area contributed by atoms with Gasteiger partial charge in [0.1, 0.15) is 10.6 Å². The maximum atomic E-state index is 13.2. The van der Waals surface area contributed by atoms with E-state index in [4.69, 9.17) is 4.74 Å². The molecule has 2 amide bonds. The van der Waals surface area contributed by atoms with Crippen molar-refractivity contribution in [3.05, 3.63) is 99.6 Å². The Morgan fingerprint density at radius 2 is 1.57 bits per heavy atom. The van der Waals surface area contributed by atoms with Gasteiger partial charge in [0.25, 0.3) is 17.5 Å². The van der Waals surface area contributed by atoms with Gasteiger partial charge < -0.3 is 4.74 Å². The second-order valence-corrected chi connectivity index (χ2v) is 9.34. The number of rotatable bonds is 8. The van der Waals surface area contributed by atoms with Crippen LogP contribution in [0, 0.1) is 10.1 Å². The first-order chi connectivity index (χ1) is 16.6. The highest BCUT2D eigenvalue weighted by Crippen LogP contribution is 2.28. The summed E-state index contributed by atoms with van der Waals surface area (Å²) < 4.78 is 32.8. The number of sulfonamides is 1. The van der Waals surface area contributed by atoms with Crippen molar-refractivity contribution < 1.29 is 27.7 Å². The van der Waals surface area contributed by atoms with E-state index in [1.165, 1.54) is 44.5 Å². The third-order valence-corrected chi connectivity index (χ3v) is 6.80. The van der Waals surface area contributed by atoms with Gasteiger partial charge in [-0.15, -0.1) is 0 Å². The predicted molar refractivity (Wildman–Crippen MR) is 126 cm³/mol. The monoisotopic (exact) mass is 498 g/mol. The normalized spacial score (nSPS) is 11.1. The number of carbonyl (C=O) groups excluding carboxylic acids is 2. The van der Waals surface area contributed by atoms with Gasteiger partial charge in [0, 0.05) is 36.9 Å². The summed E-state index contributed by atoms with van der Waals surface area (Å²) in [5.41, 5.74) is 4.72. The molecule has 0 saturated carbocycles. The predicted octanol–water partition coefficient (Wildman–Crippen LogP) is 2.50. The van der Waals surface area contributed by atoms with Crippen molar-refractivity contribution in [3.63, 3.8) is 0 Å². The van der Waals surface area contributed by atoms with Crippen molar-refractivity contribution in [2.75, 3.05) is 14.2 Å². The Hall–Kier alpha value is -4.29. The number of hydrogen-bond donors (Lipinski definition) is 2. The molecule has 2 N–H and O–H groups in total. The molecule has 0 spiro atoms. The summed E-state index contributed by atoms with van der Waals surface area (Å²) in [4.78, 5) is 34.9. The smallest absolute Gasteiger partial charge is 0.270 e. The lowest BCUT2D eigenvalue weighted by molar-refractivity contribution is -0.384. The Bertz CT molecular complexity index is 1360. The van der Waals surface area contributed by atoms with Crippen LogP contribution < -0.4 is 15.6 Å². The van der Waals surface area contributed by atoms with Crippen molar-refractivity contribution in [1.29, 1.82) is 0 Å². The van der Waals surface area contributed by atoms with E-state index < -0.39 is 26.8 Å². The molecule has 0 fully saturated rings. The van der Waals surface area contributed by atoms with Crippen LogP contribution in [0.15, 0.2) is 77.7 Å². The van der Waals surface area contributed by atoms with E-state index in [1.807, 2.05) is 6.07 Å². The molecule has 11 nitrogen and oxygen atoms in total. The summed E-state index contributed by atoms with van der Waals surface area (Å²) in [6.45, 7) is 0.0992. The van der Waals surface area contributed by atoms with Crippen molar-refractivity contribution in [2.45, 2.75) is 11.4 Å². The molecular formula is C23H22N4O7S. The van der Waals surface area contributed by atoms with Crippen LogP contribution in [0.1, 0.15) is 26.3 Å². The van der Waals surface area contributed by atoms with Crippen LogP contribution in [-0.2, 0) is 16.6 Å². The molecule has 0 unspecified atom stereocenters. The molecule has 3 aromatic rings. The number of non-ortho nitro benzene ring substituents is 1. The molecule has 182 valence electrons. The van der Waals surface area contributed by atoms with Gasteiger partial charge >= 0.3 is 0 Å². The maximum absolute atomic E-state index is 13.2. The number of ether oxygens (including phenoxy) is 1. The largest absolute Gasteiger partial charge is 0.495 e. The van der Waals surface area contributed by atoms with E-state index in [2.05, 4.69) is 10.9 Å². The van der Waals surface area contributed by atoms with Gasteiger partial charge in [-0.3, -0.25) is 30.6 Å². The fraction of sp³-hybridized carbons (Fsp3) is 0.130. The molecule has 0 aliphatic heterocycles. The van der Waals surface area contributed by atoms with E-state index in [9.17, 15) is 28.1 Å². The molecule has 0 aromatic heterocycles. The van der Waals surface area contributed by atoms with Gasteiger partial charge in [0.15, 0.2) is 0 Å². The molecule has 0 aliphatic carbocycles. The van der Waals surface area contributed by atoms with Crippen LogP contribution in [0.25, 0.3) is 0 Å². The fourth-order valence-corrected chi connectivity index (χ4v) is 4.47. The molecule has 0 heterocycles. The highest BCUT2D eigenvalue weighted by molar-refractivity contribution is 7.89. The Morgan fingerprint density at radius 1 is 0.943 bits per heavy atom. The number of carbonyl (C=O) groups is 2. The number of nitrogens with zero attached hydrogens (tertiary/aromatic N) is 2. The summed E-state index contributed by atoms with van der Waals surface area (Å²) >= 11 is 0. The van der Waals surface area contributed by atoms with Gasteiger partial charge in [0.2, 0.25) is 10.0 Å². The molecule has 0 radical (unpaired) electrons. The van der Waals surface area contributed by atoms with Crippen molar-refractivity contribution >= 4 is 27.5 Å². The minimum absolute atomic E-state index is 0.0416. The molecule has 0 atom stereocenters. The molecule has 3 rings (SSSR count). The third kappa shape index (κ3) is 5.99. The summed E-state index contributed by atoms with van der Waals surface area (Å²) in [6, 6.07) is 17.8. The van der Waals surface area contributed by atoms with E-state index in [1.54, 1.807) is 24.3 Å². The average molecular weight is 499 g/mol. The zero-order valence-corrected chi connectivity index (χ0v) is 19.6. The van der Waals surface area contributed by atoms with Gasteiger partial charge in [-0.1, -0.05) is 36.4 Å². The first-order valence-corrected chi connectivity index (χ1v) is 11.6. The summed E-state index contributed by atoms with van der Waals surface area (Å²) in [7, 11) is -1.33. The fourth-order valence-electron chi connectivity index (χ4n) is 3.13. The minimum atomic E-state index is -4.05. The van der Waals surface area contributed by atoms with Crippen molar-refractivity contribution in [1.82, 2.24) is 15.2 Å². The van der Waals surface area contributed by atoms with Crippen LogP contribution in [0.2, 0.25) is 0 Å². The summed E-state index contributed by atoms with van der Waals surface area (Å²) in [5, 5.41) is 10.9. The number of methoxy groups -OCH3 is 1. The highest BCUT2D eigenvalue weighted by Gasteiger charge is 2.26. The number of hydrogen-bond acceptors (Lipinski definition) is 7. The number of hydrazine groups is 1.